The first-order chi connectivity index (χ1) is 9.24. The highest BCUT2D eigenvalue weighted by molar-refractivity contribution is 6.32. The van der Waals surface area contributed by atoms with Crippen molar-refractivity contribution in [3.63, 3.8) is 0 Å². The molecule has 0 spiro atoms. The Bertz CT molecular complexity index is 552. The fourth-order valence-electron chi connectivity index (χ4n) is 1.85. The normalized spacial score (nSPS) is 11.9. The molecule has 0 aromatic heterocycles. The van der Waals surface area contributed by atoms with E-state index < -0.39 is 6.10 Å². The van der Waals surface area contributed by atoms with Gasteiger partial charge < -0.3 is 9.84 Å². The predicted octanol–water partition coefficient (Wildman–Crippen LogP) is 3.99. The van der Waals surface area contributed by atoms with E-state index in [0.29, 0.717) is 22.9 Å². The van der Waals surface area contributed by atoms with E-state index >= 15 is 0 Å². The number of rotatable bonds is 5. The third kappa shape index (κ3) is 3.16. The van der Waals surface area contributed by atoms with Crippen LogP contribution in [-0.2, 0) is 0 Å². The Balaban J connectivity index is 2.38. The minimum absolute atomic E-state index is 0.345. The van der Waals surface area contributed by atoms with E-state index in [1.807, 2.05) is 36.4 Å². The van der Waals surface area contributed by atoms with Crippen molar-refractivity contribution in [2.75, 3.05) is 6.61 Å². The Morgan fingerprint density at radius 1 is 1.16 bits per heavy atom. The summed E-state index contributed by atoms with van der Waals surface area (Å²) in [7, 11) is 0. The Morgan fingerprint density at radius 2 is 1.89 bits per heavy atom. The maximum Gasteiger partial charge on any atom is 0.144 e. The second-order valence-electron chi connectivity index (χ2n) is 4.07. The average Bonchev–Trinajstić information content (AvgIpc) is 2.46. The topological polar surface area (TPSA) is 29.5 Å². The summed E-state index contributed by atoms with van der Waals surface area (Å²) in [5.74, 6) is 0.500. The lowest BCUT2D eigenvalue weighted by Crippen LogP contribution is -2.04. The molecule has 0 aliphatic rings. The molecule has 0 radical (unpaired) electrons. The zero-order chi connectivity index (χ0) is 13.7. The van der Waals surface area contributed by atoms with Gasteiger partial charge in [0.15, 0.2) is 0 Å². The van der Waals surface area contributed by atoms with Gasteiger partial charge in [0.05, 0.1) is 5.02 Å². The van der Waals surface area contributed by atoms with Crippen molar-refractivity contribution in [3.8, 4) is 5.75 Å². The molecule has 19 heavy (non-hydrogen) atoms. The summed E-state index contributed by atoms with van der Waals surface area (Å²) in [4.78, 5) is 0. The van der Waals surface area contributed by atoms with Gasteiger partial charge in [-0.1, -0.05) is 66.7 Å². The van der Waals surface area contributed by atoms with E-state index in [9.17, 15) is 5.11 Å². The third-order valence-electron chi connectivity index (χ3n) is 2.75. The van der Waals surface area contributed by atoms with Crippen molar-refractivity contribution < 1.29 is 9.84 Å². The van der Waals surface area contributed by atoms with Crippen LogP contribution in [0.25, 0.3) is 0 Å². The molecule has 1 atom stereocenters. The standard InChI is InChI=1S/C16H15ClO2/c1-2-11-19-16-13(9-6-10-14(16)17)15(18)12-7-4-3-5-8-12/h2-10,15,18H,1,11H2. The molecule has 1 N–H and O–H groups in total. The Kier molecular flexibility index (Phi) is 4.61. The Hall–Kier alpha value is -1.77. The second-order valence-corrected chi connectivity index (χ2v) is 4.48. The van der Waals surface area contributed by atoms with E-state index in [-0.39, 0.29) is 0 Å². The van der Waals surface area contributed by atoms with Crippen molar-refractivity contribution in [1.29, 1.82) is 0 Å². The minimum Gasteiger partial charge on any atom is -0.488 e. The Morgan fingerprint density at radius 3 is 2.58 bits per heavy atom. The van der Waals surface area contributed by atoms with Crippen molar-refractivity contribution in [1.82, 2.24) is 0 Å². The lowest BCUT2D eigenvalue weighted by Gasteiger charge is -2.17. The molecule has 0 bridgehead atoms. The molecule has 0 heterocycles. The molecule has 0 amide bonds. The first kappa shape index (κ1) is 13.7. The van der Waals surface area contributed by atoms with Crippen LogP contribution in [-0.4, -0.2) is 11.7 Å². The molecule has 0 aliphatic carbocycles. The summed E-state index contributed by atoms with van der Waals surface area (Å²) < 4.78 is 5.55. The van der Waals surface area contributed by atoms with E-state index in [0.717, 1.165) is 5.56 Å². The van der Waals surface area contributed by atoms with Gasteiger partial charge in [0, 0.05) is 5.56 Å². The van der Waals surface area contributed by atoms with Crippen LogP contribution >= 0.6 is 11.6 Å². The molecule has 2 rings (SSSR count). The Labute approximate surface area is 117 Å². The molecule has 0 aliphatic heterocycles. The van der Waals surface area contributed by atoms with Crippen molar-refractivity contribution in [3.05, 3.63) is 77.3 Å². The van der Waals surface area contributed by atoms with Gasteiger partial charge in [0.2, 0.25) is 0 Å². The molecule has 2 nitrogen and oxygen atoms in total. The molecule has 2 aromatic carbocycles. The molecular formula is C16H15ClO2. The maximum atomic E-state index is 10.4. The van der Waals surface area contributed by atoms with Crippen molar-refractivity contribution >= 4 is 11.6 Å². The van der Waals surface area contributed by atoms with Crippen LogP contribution in [0.1, 0.15) is 17.2 Å². The highest BCUT2D eigenvalue weighted by Crippen LogP contribution is 2.35. The lowest BCUT2D eigenvalue weighted by molar-refractivity contribution is 0.213. The van der Waals surface area contributed by atoms with Gasteiger partial charge >= 0.3 is 0 Å². The second kappa shape index (κ2) is 6.41. The number of aliphatic hydroxyl groups is 1. The third-order valence-corrected chi connectivity index (χ3v) is 3.05. The van der Waals surface area contributed by atoms with Crippen LogP contribution in [0, 0.1) is 0 Å². The smallest absolute Gasteiger partial charge is 0.144 e. The number of halogens is 1. The van der Waals surface area contributed by atoms with Crippen LogP contribution in [0.5, 0.6) is 5.75 Å². The lowest BCUT2D eigenvalue weighted by atomic mass is 10.0. The van der Waals surface area contributed by atoms with Crippen LogP contribution in [0.15, 0.2) is 61.2 Å². The summed E-state index contributed by atoms with van der Waals surface area (Å²) in [6, 6.07) is 14.7. The summed E-state index contributed by atoms with van der Waals surface area (Å²) in [6.07, 6.45) is 0.877. The molecule has 0 saturated heterocycles. The van der Waals surface area contributed by atoms with Gasteiger partial charge in [-0.2, -0.15) is 0 Å². The SMILES string of the molecule is C=CCOc1c(Cl)cccc1C(O)c1ccccc1. The summed E-state index contributed by atoms with van der Waals surface area (Å²) in [5, 5.41) is 10.9. The van der Waals surface area contributed by atoms with Crippen LogP contribution in [0.3, 0.4) is 0 Å². The number of hydrogen-bond donors (Lipinski definition) is 1. The van der Waals surface area contributed by atoms with Gasteiger partial charge in [-0.25, -0.2) is 0 Å². The number of benzene rings is 2. The first-order valence-electron chi connectivity index (χ1n) is 5.99. The van der Waals surface area contributed by atoms with E-state index in [1.165, 1.54) is 0 Å². The molecule has 98 valence electrons. The molecule has 0 fully saturated rings. The average molecular weight is 275 g/mol. The van der Waals surface area contributed by atoms with Gasteiger partial charge in [0.1, 0.15) is 18.5 Å². The number of ether oxygens (including phenoxy) is 1. The zero-order valence-corrected chi connectivity index (χ0v) is 11.2. The monoisotopic (exact) mass is 274 g/mol. The van der Waals surface area contributed by atoms with Gasteiger partial charge in [-0.05, 0) is 11.6 Å². The fraction of sp³-hybridized carbons (Fsp3) is 0.125. The van der Waals surface area contributed by atoms with Gasteiger partial charge in [-0.3, -0.25) is 0 Å². The van der Waals surface area contributed by atoms with E-state index in [1.54, 1.807) is 18.2 Å². The molecule has 2 aromatic rings. The van der Waals surface area contributed by atoms with Crippen LogP contribution in [0.2, 0.25) is 5.02 Å². The van der Waals surface area contributed by atoms with Gasteiger partial charge in [-0.15, -0.1) is 0 Å². The van der Waals surface area contributed by atoms with Crippen molar-refractivity contribution in [2.24, 2.45) is 0 Å². The number of para-hydroxylation sites is 1. The largest absolute Gasteiger partial charge is 0.488 e. The maximum absolute atomic E-state index is 10.4. The first-order valence-corrected chi connectivity index (χ1v) is 6.37. The molecule has 0 saturated carbocycles. The number of hydrogen-bond acceptors (Lipinski definition) is 2. The summed E-state index contributed by atoms with van der Waals surface area (Å²) in [6.45, 7) is 3.95. The van der Waals surface area contributed by atoms with Gasteiger partial charge in [0.25, 0.3) is 0 Å². The molecule has 3 heteroatoms. The quantitative estimate of drug-likeness (QED) is 0.836. The van der Waals surface area contributed by atoms with Crippen LogP contribution < -0.4 is 4.74 Å². The van der Waals surface area contributed by atoms with E-state index in [4.69, 9.17) is 16.3 Å². The van der Waals surface area contributed by atoms with Crippen molar-refractivity contribution in [2.45, 2.75) is 6.10 Å². The van der Waals surface area contributed by atoms with E-state index in [2.05, 4.69) is 6.58 Å². The molecular weight excluding hydrogens is 260 g/mol. The summed E-state index contributed by atoms with van der Waals surface area (Å²) >= 11 is 6.13. The summed E-state index contributed by atoms with van der Waals surface area (Å²) in [5.41, 5.74) is 1.45. The predicted molar refractivity (Wildman–Crippen MR) is 77.6 cm³/mol. The zero-order valence-electron chi connectivity index (χ0n) is 10.4. The highest BCUT2D eigenvalue weighted by atomic mass is 35.5. The molecule has 1 unspecified atom stereocenters. The fourth-order valence-corrected chi connectivity index (χ4v) is 2.09. The highest BCUT2D eigenvalue weighted by Gasteiger charge is 2.17. The number of aliphatic hydroxyl groups excluding tert-OH is 1. The van der Waals surface area contributed by atoms with Crippen LogP contribution in [0.4, 0.5) is 0 Å². The minimum atomic E-state index is -0.764.